The molecule has 100 valence electrons. The van der Waals surface area contributed by atoms with Crippen LogP contribution < -0.4 is 0 Å². The molecule has 1 aliphatic heterocycles. The summed E-state index contributed by atoms with van der Waals surface area (Å²) in [5.41, 5.74) is 0. The third kappa shape index (κ3) is 4.13. The van der Waals surface area contributed by atoms with Gasteiger partial charge in [-0.05, 0) is 0 Å². The van der Waals surface area contributed by atoms with Gasteiger partial charge in [0.25, 0.3) is 5.97 Å². The molecular weight excluding hydrogens is 255 g/mol. The van der Waals surface area contributed by atoms with E-state index >= 15 is 0 Å². The van der Waals surface area contributed by atoms with Crippen molar-refractivity contribution in [1.82, 2.24) is 0 Å². The lowest BCUT2D eigenvalue weighted by molar-refractivity contribution is -0.316. The zero-order valence-electron chi connectivity index (χ0n) is 8.93. The topological polar surface area (TPSA) is 126 Å². The van der Waals surface area contributed by atoms with E-state index in [4.69, 9.17) is 9.84 Å². The minimum Gasteiger partial charge on any atom is -0.394 e. The average Bonchev–Trinajstić information content (AvgIpc) is 2.49. The zero-order chi connectivity index (χ0) is 13.1. The van der Waals surface area contributed by atoms with Crippen LogP contribution in [0.25, 0.3) is 0 Å². The van der Waals surface area contributed by atoms with Crippen molar-refractivity contribution in [2.75, 3.05) is 13.2 Å². The smallest absolute Gasteiger partial charge is 0.394 e. The van der Waals surface area contributed by atoms with E-state index in [1.807, 2.05) is 0 Å². The van der Waals surface area contributed by atoms with Gasteiger partial charge in [-0.15, -0.1) is 6.58 Å². The van der Waals surface area contributed by atoms with Gasteiger partial charge in [0.2, 0.25) is 0 Å². The summed E-state index contributed by atoms with van der Waals surface area (Å²) < 4.78 is 24.8. The first-order valence-electron chi connectivity index (χ1n) is 4.80. The minimum absolute atomic E-state index is 0.254. The van der Waals surface area contributed by atoms with Gasteiger partial charge in [0.1, 0.15) is 6.10 Å². The normalized spacial score (nSPS) is 36.7. The summed E-state index contributed by atoms with van der Waals surface area (Å²) in [6, 6.07) is 0. The van der Waals surface area contributed by atoms with Crippen LogP contribution in [0.4, 0.5) is 0 Å². The summed E-state index contributed by atoms with van der Waals surface area (Å²) in [5, 5.41) is 27.8. The molecule has 1 unspecified atom stereocenters. The predicted octanol–water partition coefficient (Wildman–Crippen LogP) is -0.906. The fourth-order valence-electron chi connectivity index (χ4n) is 1.33. The summed E-state index contributed by atoms with van der Waals surface area (Å²) in [6.07, 6.45) is -1.54. The quantitative estimate of drug-likeness (QED) is 0.278. The molecule has 0 spiro atoms. The van der Waals surface area contributed by atoms with Crippen molar-refractivity contribution in [3.8, 4) is 0 Å². The number of hydrogen-bond donors (Lipinski definition) is 4. The second-order valence-corrected chi connectivity index (χ2v) is 4.85. The largest absolute Gasteiger partial charge is 0.476 e. The van der Waals surface area contributed by atoms with Gasteiger partial charge in [-0.2, -0.15) is 0 Å². The van der Waals surface area contributed by atoms with Gasteiger partial charge in [0.15, 0.2) is 0 Å². The van der Waals surface area contributed by atoms with Gasteiger partial charge in [-0.1, -0.05) is 6.08 Å². The highest BCUT2D eigenvalue weighted by atomic mass is 31.2. The third-order valence-electron chi connectivity index (χ3n) is 2.03. The van der Waals surface area contributed by atoms with Crippen molar-refractivity contribution in [2.45, 2.75) is 24.6 Å². The summed E-state index contributed by atoms with van der Waals surface area (Å²) in [7, 11) is -4.53. The van der Waals surface area contributed by atoms with Gasteiger partial charge in [0, 0.05) is 0 Å². The number of aliphatic hydroxyl groups is 3. The van der Waals surface area contributed by atoms with Crippen LogP contribution in [-0.4, -0.2) is 51.6 Å². The predicted molar refractivity (Wildman–Crippen MR) is 54.6 cm³/mol. The molecule has 4 N–H and O–H groups in total. The number of ether oxygens (including phenoxy) is 1. The third-order valence-corrected chi connectivity index (χ3v) is 3.02. The number of phosphoric acid groups is 1. The molecule has 0 aliphatic carbocycles. The fourth-order valence-corrected chi connectivity index (χ4v) is 2.15. The molecule has 8 nitrogen and oxygen atoms in total. The van der Waals surface area contributed by atoms with E-state index in [0.29, 0.717) is 0 Å². The molecule has 4 atom stereocenters. The van der Waals surface area contributed by atoms with E-state index in [0.717, 1.165) is 0 Å². The number of rotatable bonds is 6. The van der Waals surface area contributed by atoms with Crippen LogP contribution in [0.15, 0.2) is 12.7 Å². The Morgan fingerprint density at radius 1 is 1.65 bits per heavy atom. The first kappa shape index (κ1) is 14.7. The maximum atomic E-state index is 11.3. The number of hydrogen-bond acceptors (Lipinski definition) is 7. The molecule has 0 amide bonds. The molecule has 0 radical (unpaired) electrons. The van der Waals surface area contributed by atoms with Gasteiger partial charge in [-0.25, -0.2) is 9.09 Å². The van der Waals surface area contributed by atoms with E-state index in [9.17, 15) is 19.7 Å². The molecule has 1 aliphatic rings. The first-order chi connectivity index (χ1) is 7.82. The van der Waals surface area contributed by atoms with E-state index in [1.165, 1.54) is 6.08 Å². The van der Waals surface area contributed by atoms with Crippen molar-refractivity contribution in [2.24, 2.45) is 0 Å². The van der Waals surface area contributed by atoms with Crippen molar-refractivity contribution >= 4 is 7.82 Å². The maximum absolute atomic E-state index is 11.3. The van der Waals surface area contributed by atoms with Crippen LogP contribution in [0.3, 0.4) is 0 Å². The molecule has 1 heterocycles. The average molecular weight is 270 g/mol. The van der Waals surface area contributed by atoms with Gasteiger partial charge < -0.3 is 24.9 Å². The lowest BCUT2D eigenvalue weighted by atomic mass is 10.2. The van der Waals surface area contributed by atoms with Crippen LogP contribution in [0.5, 0.6) is 0 Å². The number of phosphoric ester groups is 1. The molecule has 1 fully saturated rings. The van der Waals surface area contributed by atoms with Gasteiger partial charge in [-0.3, -0.25) is 4.52 Å². The Hall–Kier alpha value is -0.310. The Labute approximate surface area is 97.7 Å². The van der Waals surface area contributed by atoms with Crippen LogP contribution in [0, 0.1) is 0 Å². The SMILES string of the molecule is C=CCOP(=O)(O)O[C@]1(O)C[C@H](O)[C@@H](CO)O1. The molecule has 1 rings (SSSR count). The molecule has 0 aromatic rings. The lowest BCUT2D eigenvalue weighted by Crippen LogP contribution is -2.32. The highest BCUT2D eigenvalue weighted by Gasteiger charge is 2.50. The summed E-state index contributed by atoms with van der Waals surface area (Å²) in [6.45, 7) is 2.46. The second kappa shape index (κ2) is 5.55. The molecule has 0 aromatic carbocycles. The van der Waals surface area contributed by atoms with Crippen LogP contribution in [0.2, 0.25) is 0 Å². The van der Waals surface area contributed by atoms with Crippen molar-refractivity contribution in [3.05, 3.63) is 12.7 Å². The molecular formula is C8H15O8P. The standard InChI is InChI=1S/C8H15O8P/c1-2-3-14-17(12,13)16-8(11)4-6(10)7(5-9)15-8/h2,6-7,9-11H,1,3-5H2,(H,12,13)/t6-,7+,8-/m0/s1. The van der Waals surface area contributed by atoms with Crippen molar-refractivity contribution in [3.63, 3.8) is 0 Å². The van der Waals surface area contributed by atoms with E-state index in [2.05, 4.69) is 15.6 Å². The van der Waals surface area contributed by atoms with Crippen LogP contribution >= 0.6 is 7.82 Å². The monoisotopic (exact) mass is 270 g/mol. The molecule has 0 saturated carbocycles. The Balaban J connectivity index is 2.61. The highest BCUT2D eigenvalue weighted by Crippen LogP contribution is 2.49. The Bertz CT molecular complexity index is 321. The summed E-state index contributed by atoms with van der Waals surface area (Å²) in [4.78, 5) is 9.20. The lowest BCUT2D eigenvalue weighted by Gasteiger charge is -2.24. The zero-order valence-corrected chi connectivity index (χ0v) is 9.82. The van der Waals surface area contributed by atoms with E-state index in [1.54, 1.807) is 0 Å². The Morgan fingerprint density at radius 2 is 2.29 bits per heavy atom. The van der Waals surface area contributed by atoms with Gasteiger partial charge in [0.05, 0.1) is 25.7 Å². The second-order valence-electron chi connectivity index (χ2n) is 3.47. The summed E-state index contributed by atoms with van der Waals surface area (Å²) >= 11 is 0. The molecule has 17 heavy (non-hydrogen) atoms. The summed E-state index contributed by atoms with van der Waals surface area (Å²) in [5.74, 6) is -2.46. The molecule has 0 bridgehead atoms. The Kier molecular flexibility index (Phi) is 4.82. The Morgan fingerprint density at radius 3 is 2.76 bits per heavy atom. The van der Waals surface area contributed by atoms with Gasteiger partial charge >= 0.3 is 7.82 Å². The van der Waals surface area contributed by atoms with Crippen molar-refractivity contribution in [1.29, 1.82) is 0 Å². The minimum atomic E-state index is -4.53. The van der Waals surface area contributed by atoms with Crippen molar-refractivity contribution < 1.29 is 38.6 Å². The van der Waals surface area contributed by atoms with E-state index in [-0.39, 0.29) is 6.61 Å². The fraction of sp³-hybridized carbons (Fsp3) is 0.750. The molecule has 0 aromatic heterocycles. The number of aliphatic hydroxyl groups excluding tert-OH is 2. The van der Waals surface area contributed by atoms with E-state index < -0.39 is 39.0 Å². The molecule has 1 saturated heterocycles. The highest BCUT2D eigenvalue weighted by molar-refractivity contribution is 7.47. The van der Waals surface area contributed by atoms with Crippen LogP contribution in [-0.2, 0) is 18.3 Å². The van der Waals surface area contributed by atoms with Crippen LogP contribution in [0.1, 0.15) is 6.42 Å². The maximum Gasteiger partial charge on any atom is 0.476 e. The first-order valence-corrected chi connectivity index (χ1v) is 6.29. The molecule has 9 heteroatoms.